The number of aryl methyl sites for hydroxylation is 1. The van der Waals surface area contributed by atoms with Gasteiger partial charge in [0.15, 0.2) is 0 Å². The second-order valence-electron chi connectivity index (χ2n) is 3.42. The molecular weight excluding hydrogens is 206 g/mol. The average Bonchev–Trinajstić information content (AvgIpc) is 2.76. The summed E-state index contributed by atoms with van der Waals surface area (Å²) in [6.45, 7) is 2.41. The molecule has 2 rings (SSSR count). The Labute approximate surface area is 92.7 Å². The van der Waals surface area contributed by atoms with Gasteiger partial charge in [-0.05, 0) is 6.92 Å². The molecule has 0 bridgehead atoms. The third-order valence-electron chi connectivity index (χ3n) is 2.30. The molecule has 16 heavy (non-hydrogen) atoms. The predicted octanol–water partition coefficient (Wildman–Crippen LogP) is 1.17. The molecule has 5 nitrogen and oxygen atoms in total. The highest BCUT2D eigenvalue weighted by atomic mass is 16.5. The van der Waals surface area contributed by atoms with Gasteiger partial charge in [-0.2, -0.15) is 5.10 Å². The van der Waals surface area contributed by atoms with E-state index < -0.39 is 0 Å². The van der Waals surface area contributed by atoms with Crippen LogP contribution >= 0.6 is 0 Å². The highest BCUT2D eigenvalue weighted by molar-refractivity contribution is 5.67. The summed E-state index contributed by atoms with van der Waals surface area (Å²) in [5.41, 5.74) is 1.67. The molecule has 2 aromatic rings. The second-order valence-corrected chi connectivity index (χ2v) is 3.42. The molecule has 2 heterocycles. The van der Waals surface area contributed by atoms with Crippen molar-refractivity contribution in [2.75, 3.05) is 6.61 Å². The van der Waals surface area contributed by atoms with Crippen LogP contribution in [0.5, 0.6) is 5.75 Å². The molecule has 0 aromatic carbocycles. The molecule has 1 N–H and O–H groups in total. The van der Waals surface area contributed by atoms with Gasteiger partial charge in [0.2, 0.25) is 0 Å². The lowest BCUT2D eigenvalue weighted by Crippen LogP contribution is -2.15. The number of nitrogens with zero attached hydrogens (tertiary/aromatic N) is 2. The zero-order valence-corrected chi connectivity index (χ0v) is 9.23. The monoisotopic (exact) mass is 219 g/mol. The molecule has 0 aliphatic carbocycles. The number of nitrogens with one attached hydrogen (secondary N) is 1. The van der Waals surface area contributed by atoms with Gasteiger partial charge in [-0.3, -0.25) is 9.89 Å². The molecule has 0 atom stereocenters. The number of hydrogen-bond acceptors (Lipinski definition) is 3. The highest BCUT2D eigenvalue weighted by Crippen LogP contribution is 2.27. The maximum absolute atomic E-state index is 11.5. The zero-order chi connectivity index (χ0) is 11.5. The van der Waals surface area contributed by atoms with Gasteiger partial charge in [0.25, 0.3) is 5.56 Å². The topological polar surface area (TPSA) is 59.9 Å². The number of pyridine rings is 1. The lowest BCUT2D eigenvalue weighted by atomic mass is 10.1. The minimum atomic E-state index is -0.0873. The number of ether oxygens (including phenoxy) is 1. The van der Waals surface area contributed by atoms with Crippen LogP contribution in [0.1, 0.15) is 6.92 Å². The molecule has 5 heteroatoms. The molecule has 0 saturated carbocycles. The van der Waals surface area contributed by atoms with Gasteiger partial charge < -0.3 is 9.30 Å². The van der Waals surface area contributed by atoms with Gasteiger partial charge in [0.1, 0.15) is 5.75 Å². The Kier molecular flexibility index (Phi) is 2.76. The van der Waals surface area contributed by atoms with Crippen LogP contribution in [0.25, 0.3) is 11.1 Å². The van der Waals surface area contributed by atoms with Crippen molar-refractivity contribution in [1.82, 2.24) is 14.8 Å². The molecule has 0 aliphatic rings. The minimum absolute atomic E-state index is 0.0873. The fourth-order valence-corrected chi connectivity index (χ4v) is 1.50. The van der Waals surface area contributed by atoms with E-state index in [1.165, 1.54) is 10.6 Å². The van der Waals surface area contributed by atoms with Gasteiger partial charge in [0, 0.05) is 36.6 Å². The fraction of sp³-hybridized carbons (Fsp3) is 0.273. The average molecular weight is 219 g/mol. The van der Waals surface area contributed by atoms with E-state index in [1.807, 2.05) is 6.92 Å². The van der Waals surface area contributed by atoms with Gasteiger partial charge in [-0.15, -0.1) is 0 Å². The quantitative estimate of drug-likeness (QED) is 0.843. The Balaban J connectivity index is 2.58. The molecule has 84 valence electrons. The number of rotatable bonds is 3. The van der Waals surface area contributed by atoms with Crippen molar-refractivity contribution < 1.29 is 4.74 Å². The van der Waals surface area contributed by atoms with Gasteiger partial charge >= 0.3 is 0 Å². The highest BCUT2D eigenvalue weighted by Gasteiger charge is 2.09. The Morgan fingerprint density at radius 2 is 2.38 bits per heavy atom. The molecule has 0 unspecified atom stereocenters. The van der Waals surface area contributed by atoms with E-state index >= 15 is 0 Å². The number of H-pyrrole nitrogens is 1. The predicted molar refractivity (Wildman–Crippen MR) is 60.4 cm³/mol. The molecule has 0 aliphatic heterocycles. The summed E-state index contributed by atoms with van der Waals surface area (Å²) < 4.78 is 6.96. The lowest BCUT2D eigenvalue weighted by molar-refractivity contribution is 0.340. The number of aromatic amines is 1. The first kappa shape index (κ1) is 10.5. The summed E-state index contributed by atoms with van der Waals surface area (Å²) in [7, 11) is 1.71. The maximum Gasteiger partial charge on any atom is 0.254 e. The minimum Gasteiger partial charge on any atom is -0.493 e. The van der Waals surface area contributed by atoms with Crippen molar-refractivity contribution in [1.29, 1.82) is 0 Å². The van der Waals surface area contributed by atoms with Crippen LogP contribution < -0.4 is 10.3 Å². The SMILES string of the molecule is CCOc1cc(=O)n(C)cc1-c1cn[nH]c1. The summed E-state index contributed by atoms with van der Waals surface area (Å²) >= 11 is 0. The largest absolute Gasteiger partial charge is 0.493 e. The maximum atomic E-state index is 11.5. The molecule has 0 fully saturated rings. The molecule has 0 radical (unpaired) electrons. The summed E-state index contributed by atoms with van der Waals surface area (Å²) in [6, 6.07) is 1.49. The van der Waals surface area contributed by atoms with Crippen LogP contribution in [-0.2, 0) is 7.05 Å². The van der Waals surface area contributed by atoms with Crippen LogP contribution in [0.4, 0.5) is 0 Å². The summed E-state index contributed by atoms with van der Waals surface area (Å²) in [6.07, 6.45) is 5.21. The van der Waals surface area contributed by atoms with Crippen LogP contribution in [-0.4, -0.2) is 21.4 Å². The van der Waals surface area contributed by atoms with Crippen LogP contribution in [0.2, 0.25) is 0 Å². The third kappa shape index (κ3) is 1.84. The summed E-state index contributed by atoms with van der Waals surface area (Å²) in [5, 5.41) is 6.62. The fourth-order valence-electron chi connectivity index (χ4n) is 1.50. The van der Waals surface area contributed by atoms with E-state index in [1.54, 1.807) is 25.6 Å². The smallest absolute Gasteiger partial charge is 0.254 e. The summed E-state index contributed by atoms with van der Waals surface area (Å²) in [4.78, 5) is 11.5. The number of hydrogen-bond donors (Lipinski definition) is 1. The Hall–Kier alpha value is -2.04. The first-order valence-electron chi connectivity index (χ1n) is 5.05. The zero-order valence-electron chi connectivity index (χ0n) is 9.23. The molecule has 0 amide bonds. The van der Waals surface area contributed by atoms with E-state index in [2.05, 4.69) is 10.2 Å². The Morgan fingerprint density at radius 3 is 3.00 bits per heavy atom. The van der Waals surface area contributed by atoms with Crippen LogP contribution in [0.15, 0.2) is 29.5 Å². The van der Waals surface area contributed by atoms with Crippen molar-refractivity contribution >= 4 is 0 Å². The first-order chi connectivity index (χ1) is 7.72. The van der Waals surface area contributed by atoms with Crippen molar-refractivity contribution in [3.8, 4) is 16.9 Å². The second kappa shape index (κ2) is 4.22. The van der Waals surface area contributed by atoms with Crippen molar-refractivity contribution in [2.45, 2.75) is 6.92 Å². The first-order valence-corrected chi connectivity index (χ1v) is 5.05. The van der Waals surface area contributed by atoms with E-state index in [0.717, 1.165) is 11.1 Å². The normalized spacial score (nSPS) is 10.4. The Morgan fingerprint density at radius 1 is 1.56 bits per heavy atom. The van der Waals surface area contributed by atoms with Crippen molar-refractivity contribution in [2.24, 2.45) is 7.05 Å². The van der Waals surface area contributed by atoms with Gasteiger partial charge in [-0.25, -0.2) is 0 Å². The van der Waals surface area contributed by atoms with Crippen molar-refractivity contribution in [3.05, 3.63) is 35.0 Å². The molecular formula is C11H13N3O2. The number of aromatic nitrogens is 3. The summed E-state index contributed by atoms with van der Waals surface area (Å²) in [5.74, 6) is 0.590. The van der Waals surface area contributed by atoms with E-state index in [0.29, 0.717) is 12.4 Å². The van der Waals surface area contributed by atoms with Gasteiger partial charge in [0.05, 0.1) is 12.8 Å². The van der Waals surface area contributed by atoms with Gasteiger partial charge in [-0.1, -0.05) is 0 Å². The molecule has 2 aromatic heterocycles. The van der Waals surface area contributed by atoms with Crippen LogP contribution in [0.3, 0.4) is 0 Å². The van der Waals surface area contributed by atoms with E-state index in [9.17, 15) is 4.79 Å². The molecule has 0 saturated heterocycles. The van der Waals surface area contributed by atoms with E-state index in [4.69, 9.17) is 4.74 Å². The molecule has 0 spiro atoms. The lowest BCUT2D eigenvalue weighted by Gasteiger charge is -2.09. The van der Waals surface area contributed by atoms with Crippen LogP contribution in [0, 0.1) is 0 Å². The Bertz CT molecular complexity index is 529. The third-order valence-corrected chi connectivity index (χ3v) is 2.30. The standard InChI is InChI=1S/C11H13N3O2/c1-3-16-10-4-11(15)14(2)7-9(10)8-5-12-13-6-8/h4-7H,3H2,1-2H3,(H,12,13). The van der Waals surface area contributed by atoms with E-state index in [-0.39, 0.29) is 5.56 Å². The van der Waals surface area contributed by atoms with Crippen molar-refractivity contribution in [3.63, 3.8) is 0 Å².